The van der Waals surface area contributed by atoms with E-state index in [2.05, 4.69) is 15.3 Å². The van der Waals surface area contributed by atoms with E-state index in [0.29, 0.717) is 25.2 Å². The van der Waals surface area contributed by atoms with Crippen LogP contribution in [0.1, 0.15) is 40.9 Å². The summed E-state index contributed by atoms with van der Waals surface area (Å²) in [5, 5.41) is 7.61. The van der Waals surface area contributed by atoms with Gasteiger partial charge in [0.1, 0.15) is 5.82 Å². The number of carbonyl (C=O) groups excluding carboxylic acids is 1. The zero-order valence-corrected chi connectivity index (χ0v) is 19.7. The number of halogens is 4. The molecule has 1 saturated heterocycles. The molecule has 186 valence electrons. The van der Waals surface area contributed by atoms with Gasteiger partial charge in [-0.3, -0.25) is 9.69 Å². The Labute approximate surface area is 201 Å². The van der Waals surface area contributed by atoms with Crippen LogP contribution in [0.3, 0.4) is 0 Å². The van der Waals surface area contributed by atoms with Crippen LogP contribution in [0.15, 0.2) is 48.5 Å². The molecule has 4 rings (SSSR count). The molecule has 3 aromatic rings. The largest absolute Gasteiger partial charge is 0.416 e. The first kappa shape index (κ1) is 24.9. The van der Waals surface area contributed by atoms with Crippen molar-refractivity contribution in [3.8, 4) is 5.69 Å². The Morgan fingerprint density at radius 3 is 2.43 bits per heavy atom. The van der Waals surface area contributed by atoms with Crippen molar-refractivity contribution in [2.45, 2.75) is 51.9 Å². The van der Waals surface area contributed by atoms with Crippen LogP contribution in [0, 0.1) is 19.7 Å². The number of hydrogen-bond donors (Lipinski definition) is 1. The summed E-state index contributed by atoms with van der Waals surface area (Å²) in [4.78, 5) is 14.9. The van der Waals surface area contributed by atoms with Crippen LogP contribution in [-0.4, -0.2) is 39.7 Å². The molecule has 1 aliphatic heterocycles. The Morgan fingerprint density at radius 1 is 1.09 bits per heavy atom. The van der Waals surface area contributed by atoms with E-state index in [-0.39, 0.29) is 24.2 Å². The van der Waals surface area contributed by atoms with Gasteiger partial charge in [0.15, 0.2) is 0 Å². The van der Waals surface area contributed by atoms with Crippen molar-refractivity contribution in [2.75, 3.05) is 13.1 Å². The second-order valence-electron chi connectivity index (χ2n) is 9.03. The Hall–Kier alpha value is -3.20. The lowest BCUT2D eigenvalue weighted by atomic mass is 10.0. The molecule has 2 aromatic carbocycles. The van der Waals surface area contributed by atoms with Gasteiger partial charge in [0, 0.05) is 36.9 Å². The molecule has 1 fully saturated rings. The smallest absolute Gasteiger partial charge is 0.353 e. The number of carbonyl (C=O) groups is 1. The fraction of sp³-hybridized carbons (Fsp3) is 0.385. The number of aryl methyl sites for hydroxylation is 1. The van der Waals surface area contributed by atoms with Crippen molar-refractivity contribution >= 4 is 5.91 Å². The summed E-state index contributed by atoms with van der Waals surface area (Å²) in [5.41, 5.74) is 3.15. The highest BCUT2D eigenvalue weighted by molar-refractivity contribution is 5.79. The van der Waals surface area contributed by atoms with Crippen LogP contribution in [0.5, 0.6) is 0 Å². The van der Waals surface area contributed by atoms with E-state index in [1.807, 2.05) is 13.8 Å². The van der Waals surface area contributed by atoms with Crippen molar-refractivity contribution in [3.63, 3.8) is 0 Å². The molecule has 5 nitrogen and oxygen atoms in total. The van der Waals surface area contributed by atoms with Gasteiger partial charge in [-0.15, -0.1) is 0 Å². The Balaban J connectivity index is 1.30. The SMILES string of the molecule is Cc1nn(-c2ccc(F)cc2)c(C)c1CC(=O)NC1CCN(Cc2cccc(C(F)(F)F)c2)CC1. The van der Waals surface area contributed by atoms with E-state index in [1.165, 1.54) is 24.3 Å². The number of nitrogens with zero attached hydrogens (tertiary/aromatic N) is 3. The molecular weight excluding hydrogens is 460 g/mol. The number of nitrogens with one attached hydrogen (secondary N) is 1. The van der Waals surface area contributed by atoms with Gasteiger partial charge in [0.2, 0.25) is 5.91 Å². The van der Waals surface area contributed by atoms with Crippen LogP contribution >= 0.6 is 0 Å². The predicted octanol–water partition coefficient (Wildman–Crippen LogP) is 4.97. The van der Waals surface area contributed by atoms with E-state index in [4.69, 9.17) is 0 Å². The van der Waals surface area contributed by atoms with Crippen molar-refractivity contribution in [3.05, 3.63) is 82.4 Å². The second-order valence-corrected chi connectivity index (χ2v) is 9.03. The third-order valence-electron chi connectivity index (χ3n) is 6.46. The number of alkyl halides is 3. The highest BCUT2D eigenvalue weighted by Crippen LogP contribution is 2.30. The fourth-order valence-electron chi connectivity index (χ4n) is 4.54. The number of hydrogen-bond acceptors (Lipinski definition) is 3. The number of benzene rings is 2. The third kappa shape index (κ3) is 6.08. The molecule has 0 saturated carbocycles. The maximum absolute atomic E-state index is 13.2. The molecule has 0 aliphatic carbocycles. The standard InChI is InChI=1S/C26H28F4N4O/c1-17-24(18(2)34(32-17)23-8-6-21(27)7-9-23)15-25(35)31-22-10-12-33(13-11-22)16-19-4-3-5-20(14-19)26(28,29)30/h3-9,14,22H,10-13,15-16H2,1-2H3,(H,31,35). The average molecular weight is 489 g/mol. The van der Waals surface area contributed by atoms with E-state index in [9.17, 15) is 22.4 Å². The fourth-order valence-corrected chi connectivity index (χ4v) is 4.54. The number of rotatable bonds is 6. The maximum Gasteiger partial charge on any atom is 0.416 e. The maximum atomic E-state index is 13.2. The molecule has 1 aromatic heterocycles. The Kier molecular flexibility index (Phi) is 7.25. The minimum atomic E-state index is -4.35. The molecule has 0 spiro atoms. The number of likely N-dealkylation sites (tertiary alicyclic amines) is 1. The summed E-state index contributed by atoms with van der Waals surface area (Å²) in [6.45, 7) is 5.58. The first-order chi connectivity index (χ1) is 16.6. The number of aromatic nitrogens is 2. The van der Waals surface area contributed by atoms with Crippen molar-refractivity contribution < 1.29 is 22.4 Å². The summed E-state index contributed by atoms with van der Waals surface area (Å²) < 4.78 is 53.8. The first-order valence-corrected chi connectivity index (χ1v) is 11.6. The number of piperidine rings is 1. The molecule has 35 heavy (non-hydrogen) atoms. The highest BCUT2D eigenvalue weighted by Gasteiger charge is 2.30. The summed E-state index contributed by atoms with van der Waals surface area (Å²) in [6, 6.07) is 11.5. The Morgan fingerprint density at radius 2 is 1.77 bits per heavy atom. The summed E-state index contributed by atoms with van der Waals surface area (Å²) in [5.74, 6) is -0.415. The molecule has 1 amide bonds. The predicted molar refractivity (Wildman–Crippen MR) is 125 cm³/mol. The average Bonchev–Trinajstić information content (AvgIpc) is 3.09. The van der Waals surface area contributed by atoms with Gasteiger partial charge in [-0.05, 0) is 62.6 Å². The van der Waals surface area contributed by atoms with Crippen LogP contribution < -0.4 is 5.32 Å². The van der Waals surface area contributed by atoms with Crippen molar-refractivity contribution in [2.24, 2.45) is 0 Å². The van der Waals surface area contributed by atoms with E-state index >= 15 is 0 Å². The summed E-state index contributed by atoms with van der Waals surface area (Å²) in [7, 11) is 0. The third-order valence-corrected chi connectivity index (χ3v) is 6.46. The number of amides is 1. The van der Waals surface area contributed by atoms with Crippen molar-refractivity contribution in [1.82, 2.24) is 20.0 Å². The molecule has 9 heteroatoms. The summed E-state index contributed by atoms with van der Waals surface area (Å²) >= 11 is 0. The monoisotopic (exact) mass is 488 g/mol. The van der Waals surface area contributed by atoms with E-state index in [1.54, 1.807) is 22.9 Å². The molecule has 0 atom stereocenters. The molecule has 2 heterocycles. The van der Waals surface area contributed by atoms with Gasteiger partial charge in [-0.25, -0.2) is 9.07 Å². The normalized spacial score (nSPS) is 15.4. The molecule has 0 bridgehead atoms. The first-order valence-electron chi connectivity index (χ1n) is 11.6. The molecule has 0 unspecified atom stereocenters. The lowest BCUT2D eigenvalue weighted by Crippen LogP contribution is -2.44. The van der Waals surface area contributed by atoms with Crippen LogP contribution in [0.25, 0.3) is 5.69 Å². The Bertz CT molecular complexity index is 1180. The van der Waals surface area contributed by atoms with Gasteiger partial charge in [0.05, 0.1) is 23.4 Å². The zero-order chi connectivity index (χ0) is 25.2. The van der Waals surface area contributed by atoms with Crippen LogP contribution in [-0.2, 0) is 23.9 Å². The van der Waals surface area contributed by atoms with E-state index < -0.39 is 11.7 Å². The minimum Gasteiger partial charge on any atom is -0.353 e. The molecular formula is C26H28F4N4O. The lowest BCUT2D eigenvalue weighted by molar-refractivity contribution is -0.137. The van der Waals surface area contributed by atoms with Gasteiger partial charge >= 0.3 is 6.18 Å². The van der Waals surface area contributed by atoms with Gasteiger partial charge in [0.25, 0.3) is 0 Å². The van der Waals surface area contributed by atoms with Gasteiger partial charge < -0.3 is 5.32 Å². The highest BCUT2D eigenvalue weighted by atomic mass is 19.4. The van der Waals surface area contributed by atoms with Crippen molar-refractivity contribution in [1.29, 1.82) is 0 Å². The molecule has 1 aliphatic rings. The van der Waals surface area contributed by atoms with Crippen LogP contribution in [0.2, 0.25) is 0 Å². The zero-order valence-electron chi connectivity index (χ0n) is 19.7. The lowest BCUT2D eigenvalue weighted by Gasteiger charge is -2.32. The topological polar surface area (TPSA) is 50.2 Å². The summed E-state index contributed by atoms with van der Waals surface area (Å²) in [6.07, 6.45) is -2.68. The van der Waals surface area contributed by atoms with E-state index in [0.717, 1.165) is 41.5 Å². The van der Waals surface area contributed by atoms with Gasteiger partial charge in [-0.2, -0.15) is 18.3 Å². The van der Waals surface area contributed by atoms with Crippen LogP contribution in [0.4, 0.5) is 17.6 Å². The quantitative estimate of drug-likeness (QED) is 0.499. The minimum absolute atomic E-state index is 0.0213. The second kappa shape index (κ2) is 10.2. The van der Waals surface area contributed by atoms with Gasteiger partial charge in [-0.1, -0.05) is 18.2 Å². The molecule has 0 radical (unpaired) electrons. The molecule has 1 N–H and O–H groups in total.